The van der Waals surface area contributed by atoms with Gasteiger partial charge in [-0.05, 0) is 37.5 Å². The molecule has 1 aliphatic rings. The lowest BCUT2D eigenvalue weighted by atomic mass is 10.1. The predicted molar refractivity (Wildman–Crippen MR) is 78.9 cm³/mol. The first kappa shape index (κ1) is 12.7. The molecule has 5 heteroatoms. The number of rotatable bonds is 3. The van der Waals surface area contributed by atoms with Crippen LogP contribution in [-0.4, -0.2) is 24.2 Å². The molecule has 0 unspecified atom stereocenters. The van der Waals surface area contributed by atoms with Crippen molar-refractivity contribution in [2.45, 2.75) is 19.3 Å². The highest BCUT2D eigenvalue weighted by Gasteiger charge is 2.19. The molecule has 1 amide bonds. The third-order valence-corrected chi connectivity index (χ3v) is 3.58. The molecule has 0 saturated carbocycles. The molecular formula is C15H17N3O2. The van der Waals surface area contributed by atoms with Crippen LogP contribution in [0.15, 0.2) is 35.4 Å². The molecule has 0 spiro atoms. The van der Waals surface area contributed by atoms with E-state index in [2.05, 4.69) is 22.0 Å². The van der Waals surface area contributed by atoms with Gasteiger partial charge >= 0.3 is 0 Å². The highest BCUT2D eigenvalue weighted by atomic mass is 16.5. The molecule has 3 rings (SSSR count). The lowest BCUT2D eigenvalue weighted by molar-refractivity contribution is -0.111. The van der Waals surface area contributed by atoms with Crippen LogP contribution in [-0.2, 0) is 4.79 Å². The van der Waals surface area contributed by atoms with E-state index in [9.17, 15) is 4.79 Å². The molecule has 1 aromatic heterocycles. The predicted octanol–water partition coefficient (Wildman–Crippen LogP) is 2.94. The van der Waals surface area contributed by atoms with Crippen LogP contribution in [0.4, 0.5) is 11.5 Å². The summed E-state index contributed by atoms with van der Waals surface area (Å²) in [6, 6.07) is 5.67. The lowest BCUT2D eigenvalue weighted by Gasteiger charge is -2.26. The zero-order valence-corrected chi connectivity index (χ0v) is 11.3. The highest BCUT2D eigenvalue weighted by molar-refractivity contribution is 6.06. The number of para-hydroxylation sites is 1. The molecule has 1 aliphatic heterocycles. The van der Waals surface area contributed by atoms with Crippen molar-refractivity contribution in [1.29, 1.82) is 0 Å². The second kappa shape index (κ2) is 5.36. The van der Waals surface area contributed by atoms with Gasteiger partial charge < -0.3 is 14.7 Å². The Balaban J connectivity index is 1.98. The van der Waals surface area contributed by atoms with Crippen LogP contribution in [0.2, 0.25) is 0 Å². The first-order chi connectivity index (χ1) is 9.79. The minimum Gasteiger partial charge on any atom is -0.353 e. The van der Waals surface area contributed by atoms with Crippen molar-refractivity contribution < 1.29 is 9.32 Å². The first-order valence-electron chi connectivity index (χ1n) is 6.86. The van der Waals surface area contributed by atoms with Crippen LogP contribution < -0.4 is 10.2 Å². The van der Waals surface area contributed by atoms with Crippen molar-refractivity contribution in [3.8, 4) is 0 Å². The Bertz CT molecular complexity index is 642. The third kappa shape index (κ3) is 2.27. The molecule has 104 valence electrons. The van der Waals surface area contributed by atoms with E-state index in [0.717, 1.165) is 24.3 Å². The standard InChI is InChI=1S/C15H17N3O2/c1-2-13(19)16-12-8-6-7-11-14(12)20-17-15(11)18-9-4-3-5-10-18/h2,6-8H,1,3-5,9-10H2,(H,16,19). The van der Waals surface area contributed by atoms with E-state index in [1.807, 2.05) is 12.1 Å². The number of carbonyl (C=O) groups is 1. The van der Waals surface area contributed by atoms with Gasteiger partial charge in [-0.25, -0.2) is 0 Å². The van der Waals surface area contributed by atoms with Gasteiger partial charge in [0.1, 0.15) is 0 Å². The van der Waals surface area contributed by atoms with E-state index in [1.165, 1.54) is 25.3 Å². The number of anilines is 2. The summed E-state index contributed by atoms with van der Waals surface area (Å²) >= 11 is 0. The fourth-order valence-electron chi connectivity index (χ4n) is 2.57. The van der Waals surface area contributed by atoms with E-state index in [4.69, 9.17) is 4.52 Å². The molecule has 1 fully saturated rings. The molecule has 2 heterocycles. The number of hydrogen-bond acceptors (Lipinski definition) is 4. The number of piperidine rings is 1. The smallest absolute Gasteiger partial charge is 0.247 e. The second-order valence-corrected chi connectivity index (χ2v) is 4.93. The minimum absolute atomic E-state index is 0.256. The van der Waals surface area contributed by atoms with E-state index in [1.54, 1.807) is 6.07 Å². The summed E-state index contributed by atoms with van der Waals surface area (Å²) < 4.78 is 5.44. The summed E-state index contributed by atoms with van der Waals surface area (Å²) in [6.07, 6.45) is 4.87. The number of fused-ring (bicyclic) bond motifs is 1. The SMILES string of the molecule is C=CC(=O)Nc1cccc2c(N3CCCCC3)noc12. The highest BCUT2D eigenvalue weighted by Crippen LogP contribution is 2.32. The molecule has 0 radical (unpaired) electrons. The topological polar surface area (TPSA) is 58.4 Å². The largest absolute Gasteiger partial charge is 0.353 e. The lowest BCUT2D eigenvalue weighted by Crippen LogP contribution is -2.29. The van der Waals surface area contributed by atoms with Crippen molar-refractivity contribution >= 4 is 28.4 Å². The number of nitrogens with one attached hydrogen (secondary N) is 1. The summed E-state index contributed by atoms with van der Waals surface area (Å²) in [5.41, 5.74) is 1.24. The van der Waals surface area contributed by atoms with Crippen LogP contribution in [0.1, 0.15) is 19.3 Å². The van der Waals surface area contributed by atoms with Crippen molar-refractivity contribution in [3.63, 3.8) is 0 Å². The molecule has 0 bridgehead atoms. The average molecular weight is 271 g/mol. The first-order valence-corrected chi connectivity index (χ1v) is 6.86. The Kier molecular flexibility index (Phi) is 3.41. The molecule has 0 atom stereocenters. The molecule has 20 heavy (non-hydrogen) atoms. The Morgan fingerprint density at radius 3 is 2.90 bits per heavy atom. The second-order valence-electron chi connectivity index (χ2n) is 4.93. The van der Waals surface area contributed by atoms with Gasteiger partial charge in [-0.1, -0.05) is 17.8 Å². The van der Waals surface area contributed by atoms with Gasteiger partial charge in [0.15, 0.2) is 11.4 Å². The molecule has 5 nitrogen and oxygen atoms in total. The normalized spacial score (nSPS) is 15.3. The molecule has 1 N–H and O–H groups in total. The van der Waals surface area contributed by atoms with E-state index < -0.39 is 0 Å². The number of amides is 1. The summed E-state index contributed by atoms with van der Waals surface area (Å²) in [5, 5.41) is 7.87. The van der Waals surface area contributed by atoms with Gasteiger partial charge in [0, 0.05) is 13.1 Å². The molecule has 1 aromatic carbocycles. The molecule has 2 aromatic rings. The van der Waals surface area contributed by atoms with E-state index in [-0.39, 0.29) is 5.91 Å². The van der Waals surface area contributed by atoms with Crippen LogP contribution in [0.5, 0.6) is 0 Å². The monoisotopic (exact) mass is 271 g/mol. The van der Waals surface area contributed by atoms with Crippen molar-refractivity contribution in [2.24, 2.45) is 0 Å². The van der Waals surface area contributed by atoms with Gasteiger partial charge in [0.2, 0.25) is 5.91 Å². The van der Waals surface area contributed by atoms with Gasteiger partial charge in [-0.15, -0.1) is 0 Å². The summed E-state index contributed by atoms with van der Waals surface area (Å²) in [6.45, 7) is 5.46. The fourth-order valence-corrected chi connectivity index (χ4v) is 2.57. The number of carbonyl (C=O) groups excluding carboxylic acids is 1. The van der Waals surface area contributed by atoms with Crippen molar-refractivity contribution in [3.05, 3.63) is 30.9 Å². The molecule has 0 aliphatic carbocycles. The van der Waals surface area contributed by atoms with Crippen LogP contribution in [0.25, 0.3) is 11.0 Å². The van der Waals surface area contributed by atoms with Crippen LogP contribution >= 0.6 is 0 Å². The summed E-state index contributed by atoms with van der Waals surface area (Å²) in [7, 11) is 0. The molecular weight excluding hydrogens is 254 g/mol. The van der Waals surface area contributed by atoms with Gasteiger partial charge in [0.25, 0.3) is 0 Å². The summed E-state index contributed by atoms with van der Waals surface area (Å²) in [5.74, 6) is 0.614. The quantitative estimate of drug-likeness (QED) is 0.872. The van der Waals surface area contributed by atoms with E-state index >= 15 is 0 Å². The maximum atomic E-state index is 11.4. The van der Waals surface area contributed by atoms with Crippen molar-refractivity contribution in [1.82, 2.24) is 5.16 Å². The number of nitrogens with zero attached hydrogens (tertiary/aromatic N) is 2. The minimum atomic E-state index is -0.256. The van der Waals surface area contributed by atoms with E-state index in [0.29, 0.717) is 11.3 Å². The van der Waals surface area contributed by atoms with Gasteiger partial charge in [-0.3, -0.25) is 4.79 Å². The Morgan fingerprint density at radius 1 is 1.35 bits per heavy atom. The number of aromatic nitrogens is 1. The van der Waals surface area contributed by atoms with Gasteiger partial charge in [-0.2, -0.15) is 0 Å². The molecule has 1 saturated heterocycles. The van der Waals surface area contributed by atoms with Crippen molar-refractivity contribution in [2.75, 3.05) is 23.3 Å². The zero-order valence-electron chi connectivity index (χ0n) is 11.3. The van der Waals surface area contributed by atoms with Crippen LogP contribution in [0.3, 0.4) is 0 Å². The zero-order chi connectivity index (χ0) is 13.9. The maximum absolute atomic E-state index is 11.4. The maximum Gasteiger partial charge on any atom is 0.247 e. The van der Waals surface area contributed by atoms with Gasteiger partial charge in [0.05, 0.1) is 11.1 Å². The number of hydrogen-bond donors (Lipinski definition) is 1. The average Bonchev–Trinajstić information content (AvgIpc) is 2.93. The fraction of sp³-hybridized carbons (Fsp3) is 0.333. The Hall–Kier alpha value is -2.30. The third-order valence-electron chi connectivity index (χ3n) is 3.58. The number of benzene rings is 1. The Labute approximate surface area is 117 Å². The summed E-state index contributed by atoms with van der Waals surface area (Å²) in [4.78, 5) is 13.7. The van der Waals surface area contributed by atoms with Crippen LogP contribution in [0, 0.1) is 0 Å². The Morgan fingerprint density at radius 2 is 2.15 bits per heavy atom.